The molecule has 0 atom stereocenters. The second kappa shape index (κ2) is 10.2. The third-order valence-corrected chi connectivity index (χ3v) is 4.54. The number of guanidine groups is 1. The minimum absolute atomic E-state index is 0.115. The van der Waals surface area contributed by atoms with Crippen LogP contribution in [0.2, 0.25) is 0 Å². The Kier molecular flexibility index (Phi) is 7.40. The van der Waals surface area contributed by atoms with Gasteiger partial charge in [-0.1, -0.05) is 17.7 Å². The van der Waals surface area contributed by atoms with Crippen molar-refractivity contribution in [3.8, 4) is 11.5 Å². The number of ether oxygens (including phenoxy) is 3. The molecule has 0 unspecified atom stereocenters. The first-order valence-electron chi connectivity index (χ1n) is 9.47. The summed E-state index contributed by atoms with van der Waals surface area (Å²) in [4.78, 5) is 4.13. The average molecular weight is 423 g/mol. The molecule has 0 aliphatic carbocycles. The Bertz CT molecular complexity index is 907. The summed E-state index contributed by atoms with van der Waals surface area (Å²) in [6.07, 6.45) is 0.505. The SMILES string of the molecule is CN=C(NCCc1cc(F)cc2c1OCOC2)NCc1cc(C)ccc1OC(F)F. The summed E-state index contributed by atoms with van der Waals surface area (Å²) in [7, 11) is 1.60. The summed E-state index contributed by atoms with van der Waals surface area (Å²) >= 11 is 0. The highest BCUT2D eigenvalue weighted by Gasteiger charge is 2.17. The summed E-state index contributed by atoms with van der Waals surface area (Å²) in [5, 5.41) is 6.21. The molecule has 30 heavy (non-hydrogen) atoms. The minimum atomic E-state index is -2.89. The van der Waals surface area contributed by atoms with E-state index in [1.54, 1.807) is 19.2 Å². The molecule has 2 N–H and O–H groups in total. The topological polar surface area (TPSA) is 64.1 Å². The van der Waals surface area contributed by atoms with Crippen molar-refractivity contribution in [2.24, 2.45) is 4.99 Å². The van der Waals surface area contributed by atoms with Gasteiger partial charge in [0.2, 0.25) is 0 Å². The number of hydrogen-bond donors (Lipinski definition) is 2. The van der Waals surface area contributed by atoms with E-state index in [9.17, 15) is 13.2 Å². The van der Waals surface area contributed by atoms with Gasteiger partial charge in [-0.2, -0.15) is 8.78 Å². The molecule has 1 heterocycles. The zero-order valence-corrected chi connectivity index (χ0v) is 16.8. The van der Waals surface area contributed by atoms with E-state index < -0.39 is 6.61 Å². The predicted octanol–water partition coefficient (Wildman–Crippen LogP) is 3.51. The van der Waals surface area contributed by atoms with Gasteiger partial charge in [0.1, 0.15) is 17.3 Å². The van der Waals surface area contributed by atoms with Crippen molar-refractivity contribution in [3.05, 3.63) is 58.4 Å². The standard InChI is InChI=1S/C21H24F3N3O3/c1-13-3-4-18(30-20(23)24)15(7-13)10-27-21(25-2)26-6-5-14-8-17(22)9-16-11-28-12-29-19(14)16/h3-4,7-9,20H,5-6,10-12H2,1-2H3,(H2,25,26,27). The van der Waals surface area contributed by atoms with Crippen molar-refractivity contribution >= 4 is 5.96 Å². The van der Waals surface area contributed by atoms with Crippen molar-refractivity contribution in [1.82, 2.24) is 10.6 Å². The lowest BCUT2D eigenvalue weighted by Crippen LogP contribution is -2.38. The molecule has 6 nitrogen and oxygen atoms in total. The van der Waals surface area contributed by atoms with E-state index >= 15 is 0 Å². The lowest BCUT2D eigenvalue weighted by Gasteiger charge is -2.21. The first-order chi connectivity index (χ1) is 14.5. The van der Waals surface area contributed by atoms with Crippen molar-refractivity contribution in [2.75, 3.05) is 20.4 Å². The molecule has 0 saturated heterocycles. The molecule has 0 bridgehead atoms. The maximum absolute atomic E-state index is 13.8. The molecular weight excluding hydrogens is 399 g/mol. The number of aliphatic imine (C=N–C) groups is 1. The van der Waals surface area contributed by atoms with Crippen molar-refractivity contribution in [2.45, 2.75) is 33.1 Å². The van der Waals surface area contributed by atoms with E-state index in [1.807, 2.05) is 6.92 Å². The Balaban J connectivity index is 1.58. The Labute approximate surface area is 173 Å². The van der Waals surface area contributed by atoms with Gasteiger partial charge in [-0.3, -0.25) is 4.99 Å². The van der Waals surface area contributed by atoms with Gasteiger partial charge in [0.05, 0.1) is 6.61 Å². The van der Waals surface area contributed by atoms with Gasteiger partial charge in [0.25, 0.3) is 0 Å². The molecule has 162 valence electrons. The molecule has 3 rings (SSSR count). The van der Waals surface area contributed by atoms with E-state index in [0.29, 0.717) is 42.4 Å². The number of fused-ring (bicyclic) bond motifs is 1. The fourth-order valence-electron chi connectivity index (χ4n) is 3.21. The van der Waals surface area contributed by atoms with E-state index in [1.165, 1.54) is 18.2 Å². The third-order valence-electron chi connectivity index (χ3n) is 4.54. The zero-order valence-electron chi connectivity index (χ0n) is 16.8. The second-order valence-electron chi connectivity index (χ2n) is 6.76. The molecule has 0 amide bonds. The molecule has 0 saturated carbocycles. The monoisotopic (exact) mass is 423 g/mol. The van der Waals surface area contributed by atoms with Crippen LogP contribution in [0.3, 0.4) is 0 Å². The summed E-state index contributed by atoms with van der Waals surface area (Å²) < 4.78 is 54.4. The van der Waals surface area contributed by atoms with Crippen LogP contribution in [0, 0.1) is 12.7 Å². The van der Waals surface area contributed by atoms with Gasteiger partial charge in [-0.05, 0) is 37.1 Å². The minimum Gasteiger partial charge on any atom is -0.467 e. The van der Waals surface area contributed by atoms with E-state index in [0.717, 1.165) is 11.1 Å². The Morgan fingerprint density at radius 2 is 2.03 bits per heavy atom. The second-order valence-corrected chi connectivity index (χ2v) is 6.76. The molecule has 0 spiro atoms. The van der Waals surface area contributed by atoms with Crippen molar-refractivity contribution in [1.29, 1.82) is 0 Å². The van der Waals surface area contributed by atoms with Crippen LogP contribution < -0.4 is 20.1 Å². The van der Waals surface area contributed by atoms with Crippen molar-refractivity contribution in [3.63, 3.8) is 0 Å². The molecule has 0 aromatic heterocycles. The number of nitrogens with zero attached hydrogens (tertiary/aromatic N) is 1. The molecule has 1 aliphatic rings. The first kappa shape index (κ1) is 21.8. The zero-order chi connectivity index (χ0) is 21.5. The van der Waals surface area contributed by atoms with Crippen LogP contribution in [0.25, 0.3) is 0 Å². The van der Waals surface area contributed by atoms with Crippen molar-refractivity contribution < 1.29 is 27.4 Å². The van der Waals surface area contributed by atoms with Gasteiger partial charge in [-0.15, -0.1) is 0 Å². The van der Waals surface area contributed by atoms with Crippen LogP contribution in [0.5, 0.6) is 11.5 Å². The quantitative estimate of drug-likeness (QED) is 0.527. The van der Waals surface area contributed by atoms with E-state index in [-0.39, 0.29) is 24.9 Å². The highest BCUT2D eigenvalue weighted by atomic mass is 19.3. The third kappa shape index (κ3) is 5.79. The van der Waals surface area contributed by atoms with Crippen LogP contribution >= 0.6 is 0 Å². The van der Waals surface area contributed by atoms with Gasteiger partial charge in [-0.25, -0.2) is 4.39 Å². The van der Waals surface area contributed by atoms with Gasteiger partial charge < -0.3 is 24.8 Å². The van der Waals surface area contributed by atoms with Crippen LogP contribution in [0.1, 0.15) is 22.3 Å². The Morgan fingerprint density at radius 1 is 1.20 bits per heavy atom. The lowest BCUT2D eigenvalue weighted by molar-refractivity contribution is -0.0504. The highest BCUT2D eigenvalue weighted by Crippen LogP contribution is 2.29. The molecular formula is C21H24F3N3O3. The highest BCUT2D eigenvalue weighted by molar-refractivity contribution is 5.79. The molecule has 2 aromatic rings. The number of halogens is 3. The average Bonchev–Trinajstić information content (AvgIpc) is 2.71. The maximum Gasteiger partial charge on any atom is 0.387 e. The van der Waals surface area contributed by atoms with Crippen LogP contribution in [0.4, 0.5) is 13.2 Å². The number of benzene rings is 2. The van der Waals surface area contributed by atoms with E-state index in [2.05, 4.69) is 20.4 Å². The number of hydrogen-bond acceptors (Lipinski definition) is 4. The van der Waals surface area contributed by atoms with Gasteiger partial charge in [0.15, 0.2) is 12.8 Å². The van der Waals surface area contributed by atoms with Gasteiger partial charge >= 0.3 is 6.61 Å². The van der Waals surface area contributed by atoms with Gasteiger partial charge in [0, 0.05) is 31.3 Å². The molecule has 1 aliphatic heterocycles. The number of rotatable bonds is 7. The largest absolute Gasteiger partial charge is 0.467 e. The summed E-state index contributed by atoms with van der Waals surface area (Å²) in [6, 6.07) is 7.86. The number of nitrogens with one attached hydrogen (secondary N) is 2. The predicted molar refractivity (Wildman–Crippen MR) is 106 cm³/mol. The smallest absolute Gasteiger partial charge is 0.387 e. The lowest BCUT2D eigenvalue weighted by atomic mass is 10.1. The summed E-state index contributed by atoms with van der Waals surface area (Å²) in [5.74, 6) is 0.908. The van der Waals surface area contributed by atoms with Crippen LogP contribution in [-0.4, -0.2) is 33.0 Å². The summed E-state index contributed by atoms with van der Waals surface area (Å²) in [5.41, 5.74) is 2.94. The maximum atomic E-state index is 13.8. The molecule has 9 heteroatoms. The van der Waals surface area contributed by atoms with E-state index in [4.69, 9.17) is 9.47 Å². The van der Waals surface area contributed by atoms with Crippen LogP contribution in [-0.2, 0) is 24.3 Å². The molecule has 0 fully saturated rings. The summed E-state index contributed by atoms with van der Waals surface area (Å²) in [6.45, 7) is 0.148. The Morgan fingerprint density at radius 3 is 2.80 bits per heavy atom. The first-order valence-corrected chi connectivity index (χ1v) is 9.47. The van der Waals surface area contributed by atoms with Crippen LogP contribution in [0.15, 0.2) is 35.3 Å². The Hall–Kier alpha value is -2.94. The molecule has 2 aromatic carbocycles. The fourth-order valence-corrected chi connectivity index (χ4v) is 3.21. The molecule has 0 radical (unpaired) electrons. The number of aryl methyl sites for hydroxylation is 1. The fraction of sp³-hybridized carbons (Fsp3) is 0.381. The normalized spacial score (nSPS) is 13.6. The number of alkyl halides is 2.